The summed E-state index contributed by atoms with van der Waals surface area (Å²) < 4.78 is 37.1. The van der Waals surface area contributed by atoms with Crippen LogP contribution in [0.3, 0.4) is 0 Å². The van der Waals surface area contributed by atoms with E-state index in [9.17, 15) is 9.50 Å². The number of ether oxygens (including phenoxy) is 1. The van der Waals surface area contributed by atoms with E-state index in [1.165, 1.54) is 6.07 Å². The van der Waals surface area contributed by atoms with Crippen LogP contribution in [0.4, 0.5) is 14.6 Å². The number of fused-ring (bicyclic) bond motifs is 3. The number of benzene rings is 3. The molecule has 0 bridgehead atoms. The Morgan fingerprint density at radius 1 is 1.15 bits per heavy atom. The highest BCUT2D eigenvalue weighted by molar-refractivity contribution is 6.04. The van der Waals surface area contributed by atoms with Crippen molar-refractivity contribution >= 4 is 27.5 Å². The predicted octanol–water partition coefficient (Wildman–Crippen LogP) is 4.77. The van der Waals surface area contributed by atoms with E-state index >= 15 is 4.39 Å². The van der Waals surface area contributed by atoms with Crippen LogP contribution in [0.25, 0.3) is 32.8 Å². The maximum atomic E-state index is 16.6. The number of phenolic OH excluding ortho intramolecular Hbond substituents is 1. The van der Waals surface area contributed by atoms with Gasteiger partial charge in [-0.05, 0) is 61.0 Å². The molecule has 0 spiro atoms. The third kappa shape index (κ3) is 4.33. The van der Waals surface area contributed by atoms with Crippen molar-refractivity contribution in [2.45, 2.75) is 43.4 Å². The molecule has 3 atom stereocenters. The van der Waals surface area contributed by atoms with Gasteiger partial charge in [-0.3, -0.25) is 4.90 Å². The van der Waals surface area contributed by atoms with E-state index in [1.54, 1.807) is 24.3 Å². The predicted molar refractivity (Wildman–Crippen MR) is 155 cm³/mol. The summed E-state index contributed by atoms with van der Waals surface area (Å²) in [6.45, 7) is 2.75. The Labute approximate surface area is 236 Å². The fraction of sp³-hybridized carbons (Fsp3) is 0.375. The molecular formula is C32H31F2N5O2. The van der Waals surface area contributed by atoms with Gasteiger partial charge in [-0.25, -0.2) is 8.78 Å². The Morgan fingerprint density at radius 2 is 2.02 bits per heavy atom. The van der Waals surface area contributed by atoms with Crippen molar-refractivity contribution in [2.24, 2.45) is 5.73 Å². The maximum absolute atomic E-state index is 16.6. The van der Waals surface area contributed by atoms with Crippen LogP contribution < -0.4 is 15.4 Å². The van der Waals surface area contributed by atoms with Crippen molar-refractivity contribution in [1.82, 2.24) is 14.9 Å². The van der Waals surface area contributed by atoms with Gasteiger partial charge in [-0.15, -0.1) is 6.42 Å². The lowest BCUT2D eigenvalue weighted by atomic mass is 9.93. The molecule has 1 unspecified atom stereocenters. The van der Waals surface area contributed by atoms with Gasteiger partial charge in [-0.2, -0.15) is 9.97 Å². The number of nitrogens with zero attached hydrogens (tertiary/aromatic N) is 4. The second-order valence-electron chi connectivity index (χ2n) is 11.6. The first-order valence-electron chi connectivity index (χ1n) is 14.1. The van der Waals surface area contributed by atoms with E-state index in [0.717, 1.165) is 25.8 Å². The van der Waals surface area contributed by atoms with Crippen LogP contribution in [0, 0.1) is 18.2 Å². The van der Waals surface area contributed by atoms with Gasteiger partial charge in [0, 0.05) is 54.0 Å². The van der Waals surface area contributed by atoms with Crippen LogP contribution >= 0.6 is 0 Å². The number of hydrogen-bond acceptors (Lipinski definition) is 7. The molecule has 9 heteroatoms. The number of halogens is 2. The van der Waals surface area contributed by atoms with Gasteiger partial charge in [0.25, 0.3) is 0 Å². The number of aromatic hydroxyl groups is 1. The third-order valence-electron chi connectivity index (χ3n) is 8.93. The molecule has 0 amide bonds. The zero-order valence-corrected chi connectivity index (χ0v) is 22.6. The molecule has 7 rings (SSSR count). The van der Waals surface area contributed by atoms with E-state index in [1.807, 2.05) is 17.0 Å². The molecule has 3 saturated heterocycles. The van der Waals surface area contributed by atoms with Gasteiger partial charge in [0.1, 0.15) is 29.9 Å². The summed E-state index contributed by atoms with van der Waals surface area (Å²) in [4.78, 5) is 13.5. The zero-order chi connectivity index (χ0) is 28.3. The van der Waals surface area contributed by atoms with E-state index < -0.39 is 12.0 Å². The summed E-state index contributed by atoms with van der Waals surface area (Å²) in [5.41, 5.74) is 7.25. The number of alkyl halides is 1. The molecule has 4 heterocycles. The van der Waals surface area contributed by atoms with E-state index in [-0.39, 0.29) is 41.0 Å². The van der Waals surface area contributed by atoms with Gasteiger partial charge in [-0.1, -0.05) is 24.1 Å². The number of phenols is 1. The van der Waals surface area contributed by atoms with Crippen molar-refractivity contribution in [2.75, 3.05) is 37.7 Å². The van der Waals surface area contributed by atoms with Gasteiger partial charge >= 0.3 is 6.01 Å². The topological polar surface area (TPSA) is 87.7 Å². The summed E-state index contributed by atoms with van der Waals surface area (Å²) in [5, 5.41) is 12.4. The fourth-order valence-electron chi connectivity index (χ4n) is 7.01. The molecule has 1 aromatic heterocycles. The highest BCUT2D eigenvalue weighted by Crippen LogP contribution is 2.42. The first-order chi connectivity index (χ1) is 19.8. The number of nitrogens with two attached hydrogens (primary N) is 1. The second-order valence-corrected chi connectivity index (χ2v) is 11.6. The minimum absolute atomic E-state index is 0.00252. The molecule has 3 fully saturated rings. The van der Waals surface area contributed by atoms with E-state index in [0.29, 0.717) is 59.2 Å². The molecule has 0 aliphatic carbocycles. The molecule has 4 aromatic rings. The minimum atomic E-state index is -0.886. The summed E-state index contributed by atoms with van der Waals surface area (Å²) in [6.07, 6.45) is 7.94. The largest absolute Gasteiger partial charge is 0.508 e. The highest BCUT2D eigenvalue weighted by atomic mass is 19.1. The second kappa shape index (κ2) is 9.82. The van der Waals surface area contributed by atoms with Crippen LogP contribution in [0.2, 0.25) is 0 Å². The molecule has 3 aliphatic heterocycles. The Hall–Kier alpha value is -4.00. The van der Waals surface area contributed by atoms with Crippen molar-refractivity contribution in [3.63, 3.8) is 0 Å². The molecule has 0 saturated carbocycles. The lowest BCUT2D eigenvalue weighted by Crippen LogP contribution is -2.43. The van der Waals surface area contributed by atoms with Crippen molar-refractivity contribution < 1.29 is 18.6 Å². The first-order valence-corrected chi connectivity index (χ1v) is 14.1. The zero-order valence-electron chi connectivity index (χ0n) is 22.6. The van der Waals surface area contributed by atoms with E-state index in [2.05, 4.69) is 15.8 Å². The number of aromatic nitrogens is 2. The standard InChI is InChI=1S/C32H31F2N5O2/c1-2-19-5-3-6-20-13-23(40)14-26(27(19)20)24-7-8-25-29(28(24)34)36-31(37-30(25)38-12-9-22(35)17-38)41-18-32-10-4-11-39(32)16-21(33)15-32/h1,3,5-8,13-14,21-22,40H,4,9-12,15-18,35H2/t21-,22?,32+/m1/s1. The molecule has 3 N–H and O–H groups in total. The summed E-state index contributed by atoms with van der Waals surface area (Å²) in [5.74, 6) is 2.68. The number of hydrogen-bond donors (Lipinski definition) is 2. The molecule has 41 heavy (non-hydrogen) atoms. The summed E-state index contributed by atoms with van der Waals surface area (Å²) in [7, 11) is 0. The highest BCUT2D eigenvalue weighted by Gasteiger charge is 2.49. The Bertz CT molecular complexity index is 1720. The van der Waals surface area contributed by atoms with Crippen molar-refractivity contribution in [3.8, 4) is 35.2 Å². The average molecular weight is 556 g/mol. The minimum Gasteiger partial charge on any atom is -0.508 e. The molecule has 3 aromatic carbocycles. The Balaban J connectivity index is 1.37. The average Bonchev–Trinajstić information content (AvgIpc) is 3.64. The van der Waals surface area contributed by atoms with Gasteiger partial charge < -0.3 is 20.5 Å². The van der Waals surface area contributed by atoms with Gasteiger partial charge in [0.2, 0.25) is 0 Å². The molecule has 3 aliphatic rings. The smallest absolute Gasteiger partial charge is 0.319 e. The summed E-state index contributed by atoms with van der Waals surface area (Å²) in [6, 6.07) is 12.1. The molecule has 210 valence electrons. The number of rotatable bonds is 5. The van der Waals surface area contributed by atoms with Crippen molar-refractivity contribution in [3.05, 3.63) is 53.8 Å². The van der Waals surface area contributed by atoms with E-state index in [4.69, 9.17) is 21.9 Å². The lowest BCUT2D eigenvalue weighted by Gasteiger charge is -2.31. The van der Waals surface area contributed by atoms with Crippen LogP contribution in [-0.2, 0) is 0 Å². The quantitative estimate of drug-likeness (QED) is 0.343. The SMILES string of the molecule is C#Cc1cccc2cc(O)cc(-c3ccc4c(N5CCC(N)C5)nc(OC[C@@]56CCCN5C[C@H](F)C6)nc4c3F)c12. The lowest BCUT2D eigenvalue weighted by molar-refractivity contribution is 0.107. The fourth-order valence-corrected chi connectivity index (χ4v) is 7.01. The third-order valence-corrected chi connectivity index (χ3v) is 8.93. The number of anilines is 1. The van der Waals surface area contributed by atoms with Crippen LogP contribution in [-0.4, -0.2) is 70.5 Å². The monoisotopic (exact) mass is 555 g/mol. The Kier molecular flexibility index (Phi) is 6.21. The first kappa shape index (κ1) is 25.9. The molecular weight excluding hydrogens is 524 g/mol. The molecule has 0 radical (unpaired) electrons. The van der Waals surface area contributed by atoms with Gasteiger partial charge in [0.05, 0.1) is 5.54 Å². The molecule has 7 nitrogen and oxygen atoms in total. The van der Waals surface area contributed by atoms with Crippen LogP contribution in [0.1, 0.15) is 31.2 Å². The number of terminal acetylenes is 1. The van der Waals surface area contributed by atoms with Crippen LogP contribution in [0.15, 0.2) is 42.5 Å². The van der Waals surface area contributed by atoms with Crippen LogP contribution in [0.5, 0.6) is 11.8 Å². The maximum Gasteiger partial charge on any atom is 0.319 e. The summed E-state index contributed by atoms with van der Waals surface area (Å²) >= 11 is 0. The van der Waals surface area contributed by atoms with Gasteiger partial charge in [0.15, 0.2) is 5.82 Å². The Morgan fingerprint density at radius 3 is 2.83 bits per heavy atom. The van der Waals surface area contributed by atoms with Crippen molar-refractivity contribution in [1.29, 1.82) is 0 Å². The normalized spacial score (nSPS) is 24.3.